The Bertz CT molecular complexity index is 313. The second kappa shape index (κ2) is 5.59. The molecule has 0 aromatic heterocycles. The molecule has 0 saturated heterocycles. The first-order valence-electron chi connectivity index (χ1n) is 5.92. The van der Waals surface area contributed by atoms with Crippen LogP contribution in [0.25, 0.3) is 0 Å². The third kappa shape index (κ3) is 3.43. The lowest BCUT2D eigenvalue weighted by molar-refractivity contribution is 0.681. The molecule has 2 rings (SSSR count). The first-order chi connectivity index (χ1) is 7.45. The van der Waals surface area contributed by atoms with Crippen LogP contribution in [0.1, 0.15) is 37.7 Å². The number of hydrogen-bond acceptors (Lipinski definition) is 1. The third-order valence-corrected chi connectivity index (χ3v) is 2.90. The van der Waals surface area contributed by atoms with E-state index in [9.17, 15) is 0 Å². The second-order valence-electron chi connectivity index (χ2n) is 4.17. The summed E-state index contributed by atoms with van der Waals surface area (Å²) in [4.78, 5) is 0. The van der Waals surface area contributed by atoms with Crippen molar-refractivity contribution in [3.63, 3.8) is 0 Å². The Kier molecular flexibility index (Phi) is 3.84. The standard InChI is InChI=1S/C14H19N/c1-2-7-11-14(10-6-1)15-12-13-8-4-3-5-9-13/h3-5,8-10,15H,1-2,6-7,11-12H2. The van der Waals surface area contributed by atoms with Gasteiger partial charge < -0.3 is 5.32 Å². The second-order valence-corrected chi connectivity index (χ2v) is 4.17. The van der Waals surface area contributed by atoms with E-state index in [2.05, 4.69) is 41.7 Å². The van der Waals surface area contributed by atoms with Gasteiger partial charge in [0.25, 0.3) is 0 Å². The van der Waals surface area contributed by atoms with E-state index < -0.39 is 0 Å². The predicted octanol–water partition coefficient (Wildman–Crippen LogP) is 3.62. The van der Waals surface area contributed by atoms with Crippen molar-refractivity contribution in [1.29, 1.82) is 0 Å². The van der Waals surface area contributed by atoms with E-state index in [1.54, 1.807) is 0 Å². The smallest absolute Gasteiger partial charge is 0.0397 e. The van der Waals surface area contributed by atoms with Crippen LogP contribution in [0.15, 0.2) is 42.1 Å². The van der Waals surface area contributed by atoms with Crippen molar-refractivity contribution >= 4 is 0 Å². The molecule has 1 aromatic carbocycles. The molecule has 1 aromatic rings. The van der Waals surface area contributed by atoms with Crippen LogP contribution in [0.2, 0.25) is 0 Å². The number of benzene rings is 1. The lowest BCUT2D eigenvalue weighted by Crippen LogP contribution is -2.12. The topological polar surface area (TPSA) is 12.0 Å². The van der Waals surface area contributed by atoms with Crippen LogP contribution < -0.4 is 5.32 Å². The lowest BCUT2D eigenvalue weighted by atomic mass is 10.2. The van der Waals surface area contributed by atoms with E-state index in [0.717, 1.165) is 6.54 Å². The molecule has 0 saturated carbocycles. The number of nitrogens with one attached hydrogen (secondary N) is 1. The highest BCUT2D eigenvalue weighted by Gasteiger charge is 2.01. The summed E-state index contributed by atoms with van der Waals surface area (Å²) >= 11 is 0. The summed E-state index contributed by atoms with van der Waals surface area (Å²) in [6, 6.07) is 10.6. The molecular formula is C14H19N. The van der Waals surface area contributed by atoms with E-state index in [1.165, 1.54) is 43.4 Å². The summed E-state index contributed by atoms with van der Waals surface area (Å²) in [7, 11) is 0. The fourth-order valence-corrected chi connectivity index (χ4v) is 1.99. The van der Waals surface area contributed by atoms with Gasteiger partial charge in [0.1, 0.15) is 0 Å². The van der Waals surface area contributed by atoms with Crippen LogP contribution in [-0.2, 0) is 6.54 Å². The van der Waals surface area contributed by atoms with Crippen LogP contribution in [0, 0.1) is 0 Å². The van der Waals surface area contributed by atoms with Crippen LogP contribution in [-0.4, -0.2) is 0 Å². The van der Waals surface area contributed by atoms with Gasteiger partial charge in [-0.15, -0.1) is 0 Å². The summed E-state index contributed by atoms with van der Waals surface area (Å²) < 4.78 is 0. The van der Waals surface area contributed by atoms with E-state index in [-0.39, 0.29) is 0 Å². The zero-order chi connectivity index (χ0) is 10.3. The van der Waals surface area contributed by atoms with Crippen molar-refractivity contribution < 1.29 is 0 Å². The van der Waals surface area contributed by atoms with Crippen molar-refractivity contribution in [2.75, 3.05) is 0 Å². The molecule has 0 unspecified atom stereocenters. The molecule has 1 nitrogen and oxygen atoms in total. The van der Waals surface area contributed by atoms with E-state index in [1.807, 2.05) is 0 Å². The summed E-state index contributed by atoms with van der Waals surface area (Å²) in [5.41, 5.74) is 2.80. The Morgan fingerprint density at radius 2 is 1.87 bits per heavy atom. The molecule has 0 bridgehead atoms. The molecule has 0 aliphatic heterocycles. The maximum absolute atomic E-state index is 3.54. The molecule has 0 atom stereocenters. The quantitative estimate of drug-likeness (QED) is 0.787. The first-order valence-corrected chi connectivity index (χ1v) is 5.92. The number of hydrogen-bond donors (Lipinski definition) is 1. The van der Waals surface area contributed by atoms with Gasteiger partial charge in [0.2, 0.25) is 0 Å². The molecule has 1 heteroatoms. The van der Waals surface area contributed by atoms with Crippen molar-refractivity contribution in [2.45, 2.75) is 38.6 Å². The van der Waals surface area contributed by atoms with Crippen molar-refractivity contribution in [2.24, 2.45) is 0 Å². The average molecular weight is 201 g/mol. The predicted molar refractivity (Wildman–Crippen MR) is 64.4 cm³/mol. The molecule has 0 radical (unpaired) electrons. The number of rotatable bonds is 3. The molecule has 80 valence electrons. The zero-order valence-corrected chi connectivity index (χ0v) is 9.21. The van der Waals surface area contributed by atoms with E-state index >= 15 is 0 Å². The molecular weight excluding hydrogens is 182 g/mol. The summed E-state index contributed by atoms with van der Waals surface area (Å²) in [6.07, 6.45) is 8.93. The first kappa shape index (κ1) is 10.3. The molecule has 15 heavy (non-hydrogen) atoms. The van der Waals surface area contributed by atoms with E-state index in [4.69, 9.17) is 0 Å². The lowest BCUT2D eigenvalue weighted by Gasteiger charge is -2.09. The highest BCUT2D eigenvalue weighted by molar-refractivity contribution is 5.15. The van der Waals surface area contributed by atoms with Crippen LogP contribution in [0.4, 0.5) is 0 Å². The van der Waals surface area contributed by atoms with Gasteiger partial charge in [-0.1, -0.05) is 42.8 Å². The Morgan fingerprint density at radius 3 is 2.73 bits per heavy atom. The van der Waals surface area contributed by atoms with Gasteiger partial charge in [0.05, 0.1) is 0 Å². The minimum atomic E-state index is 0.965. The van der Waals surface area contributed by atoms with Crippen LogP contribution >= 0.6 is 0 Å². The molecule has 1 aliphatic carbocycles. The Morgan fingerprint density at radius 1 is 1.00 bits per heavy atom. The Hall–Kier alpha value is -1.24. The molecule has 1 aliphatic rings. The van der Waals surface area contributed by atoms with Crippen LogP contribution in [0.5, 0.6) is 0 Å². The molecule has 1 N–H and O–H groups in total. The maximum Gasteiger partial charge on any atom is 0.0397 e. The van der Waals surface area contributed by atoms with Crippen molar-refractivity contribution in [1.82, 2.24) is 5.32 Å². The Labute approximate surface area is 92.2 Å². The van der Waals surface area contributed by atoms with Gasteiger partial charge in [-0.2, -0.15) is 0 Å². The highest BCUT2D eigenvalue weighted by Crippen LogP contribution is 2.15. The highest BCUT2D eigenvalue weighted by atomic mass is 14.9. The molecule has 0 spiro atoms. The van der Waals surface area contributed by atoms with Gasteiger partial charge in [-0.25, -0.2) is 0 Å². The average Bonchev–Trinajstić information content (AvgIpc) is 2.56. The summed E-state index contributed by atoms with van der Waals surface area (Å²) in [6.45, 7) is 0.965. The Balaban J connectivity index is 1.84. The monoisotopic (exact) mass is 201 g/mol. The van der Waals surface area contributed by atoms with Gasteiger partial charge >= 0.3 is 0 Å². The van der Waals surface area contributed by atoms with Gasteiger partial charge in [-0.05, 0) is 31.2 Å². The molecule has 0 heterocycles. The third-order valence-electron chi connectivity index (χ3n) is 2.90. The summed E-state index contributed by atoms with van der Waals surface area (Å²) in [5.74, 6) is 0. The maximum atomic E-state index is 3.54. The zero-order valence-electron chi connectivity index (χ0n) is 9.21. The molecule has 0 amide bonds. The normalized spacial score (nSPS) is 16.7. The summed E-state index contributed by atoms with van der Waals surface area (Å²) in [5, 5.41) is 3.54. The van der Waals surface area contributed by atoms with Gasteiger partial charge in [-0.3, -0.25) is 0 Å². The van der Waals surface area contributed by atoms with Crippen LogP contribution in [0.3, 0.4) is 0 Å². The minimum absolute atomic E-state index is 0.965. The van der Waals surface area contributed by atoms with Gasteiger partial charge in [0, 0.05) is 12.2 Å². The van der Waals surface area contributed by atoms with Crippen molar-refractivity contribution in [3.8, 4) is 0 Å². The minimum Gasteiger partial charge on any atom is -0.385 e. The van der Waals surface area contributed by atoms with Crippen molar-refractivity contribution in [3.05, 3.63) is 47.7 Å². The fraction of sp³-hybridized carbons (Fsp3) is 0.429. The molecule has 0 fully saturated rings. The SMILES string of the molecule is C1=C(NCc2ccccc2)CCCCC1. The number of allylic oxidation sites excluding steroid dienone is 2. The van der Waals surface area contributed by atoms with E-state index in [0.29, 0.717) is 0 Å². The largest absolute Gasteiger partial charge is 0.385 e. The fourth-order valence-electron chi connectivity index (χ4n) is 1.99. The van der Waals surface area contributed by atoms with Gasteiger partial charge in [0.15, 0.2) is 0 Å².